The van der Waals surface area contributed by atoms with Crippen LogP contribution >= 0.6 is 0 Å². The summed E-state index contributed by atoms with van der Waals surface area (Å²) in [6.07, 6.45) is 3.10. The van der Waals surface area contributed by atoms with Crippen LogP contribution in [0.25, 0.3) is 28.2 Å². The van der Waals surface area contributed by atoms with Gasteiger partial charge in [-0.25, -0.2) is 9.97 Å². The predicted molar refractivity (Wildman–Crippen MR) is 101 cm³/mol. The summed E-state index contributed by atoms with van der Waals surface area (Å²) in [5.74, 6) is -0.0273. The third-order valence-electron chi connectivity index (χ3n) is 4.56. The summed E-state index contributed by atoms with van der Waals surface area (Å²) in [6, 6.07) is 5.11. The lowest BCUT2D eigenvalue weighted by atomic mass is 10.1. The smallest absolute Gasteiger partial charge is 0.253 e. The number of nitrogens with one attached hydrogen (secondary N) is 1. The summed E-state index contributed by atoms with van der Waals surface area (Å²) in [7, 11) is 0. The normalized spacial score (nSPS) is 11.2. The molecule has 4 rings (SSSR count). The number of anilines is 1. The van der Waals surface area contributed by atoms with Gasteiger partial charge in [-0.1, -0.05) is 6.07 Å². The number of hydrogen-bond donors (Lipinski definition) is 4. The highest BCUT2D eigenvalue weighted by Gasteiger charge is 2.24. The van der Waals surface area contributed by atoms with Gasteiger partial charge in [0, 0.05) is 18.0 Å². The SMILES string of the molecule is Cc1ccc(O)c(C)c1-n1c(N)c(C(N)=O)c2cnc(-c3ccn[nH]3)nc21. The van der Waals surface area contributed by atoms with Crippen LogP contribution in [0.2, 0.25) is 0 Å². The first-order valence-corrected chi connectivity index (χ1v) is 8.16. The molecule has 0 atom stereocenters. The van der Waals surface area contributed by atoms with Crippen LogP contribution in [0.5, 0.6) is 5.75 Å². The van der Waals surface area contributed by atoms with E-state index in [2.05, 4.69) is 20.2 Å². The summed E-state index contributed by atoms with van der Waals surface area (Å²) >= 11 is 0. The molecule has 6 N–H and O–H groups in total. The predicted octanol–water partition coefficient (Wildman–Crippen LogP) is 1.81. The lowest BCUT2D eigenvalue weighted by Gasteiger charge is -2.15. The number of nitrogen functional groups attached to an aromatic ring is 1. The van der Waals surface area contributed by atoms with Crippen LogP contribution in [0, 0.1) is 13.8 Å². The minimum atomic E-state index is -0.676. The number of nitrogens with zero attached hydrogens (tertiary/aromatic N) is 4. The molecule has 1 amide bonds. The number of phenols is 1. The van der Waals surface area contributed by atoms with Crippen molar-refractivity contribution >= 4 is 22.8 Å². The summed E-state index contributed by atoms with van der Waals surface area (Å²) in [5, 5.41) is 17.3. The van der Waals surface area contributed by atoms with E-state index in [1.807, 2.05) is 6.92 Å². The van der Waals surface area contributed by atoms with Crippen molar-refractivity contribution in [2.45, 2.75) is 13.8 Å². The molecule has 0 saturated carbocycles. The van der Waals surface area contributed by atoms with E-state index in [4.69, 9.17) is 11.5 Å². The number of benzene rings is 1. The molecule has 0 saturated heterocycles. The van der Waals surface area contributed by atoms with Crippen LogP contribution in [0.1, 0.15) is 21.5 Å². The van der Waals surface area contributed by atoms with Crippen molar-refractivity contribution in [3.05, 3.63) is 47.3 Å². The number of phenolic OH excluding ortho intramolecular Hbond substituents is 1. The first-order chi connectivity index (χ1) is 12.9. The molecule has 0 fully saturated rings. The number of hydrogen-bond acceptors (Lipinski definition) is 6. The van der Waals surface area contributed by atoms with Crippen molar-refractivity contribution in [2.75, 3.05) is 5.73 Å². The van der Waals surface area contributed by atoms with Gasteiger partial charge in [0.15, 0.2) is 11.5 Å². The van der Waals surface area contributed by atoms with Gasteiger partial charge in [-0.15, -0.1) is 0 Å². The Hall–Kier alpha value is -3.88. The Bertz CT molecular complexity index is 1190. The van der Waals surface area contributed by atoms with Crippen LogP contribution in [0.15, 0.2) is 30.6 Å². The molecule has 0 unspecified atom stereocenters. The zero-order valence-corrected chi connectivity index (χ0v) is 14.7. The highest BCUT2D eigenvalue weighted by atomic mass is 16.3. The Labute approximate surface area is 153 Å². The molecule has 9 nitrogen and oxygen atoms in total. The standard InChI is InChI=1S/C18H17N7O2/c1-8-3-4-12(26)9(2)14(8)25-15(19)13(16(20)27)10-7-21-17(23-18(10)25)11-5-6-22-24-11/h3-7,26H,19H2,1-2H3,(H2,20,27)(H,22,24). The molecule has 3 heterocycles. The number of rotatable bonds is 3. The summed E-state index contributed by atoms with van der Waals surface area (Å²) in [4.78, 5) is 20.9. The second-order valence-electron chi connectivity index (χ2n) is 6.24. The summed E-state index contributed by atoms with van der Waals surface area (Å²) < 4.78 is 1.63. The molecular formula is C18H17N7O2. The molecule has 136 valence electrons. The van der Waals surface area contributed by atoms with Crippen molar-refractivity contribution in [3.63, 3.8) is 0 Å². The number of primary amides is 1. The van der Waals surface area contributed by atoms with E-state index in [1.165, 1.54) is 6.20 Å². The Morgan fingerprint density at radius 2 is 2.04 bits per heavy atom. The molecule has 9 heteroatoms. The van der Waals surface area contributed by atoms with Crippen molar-refractivity contribution in [1.82, 2.24) is 24.7 Å². The average molecular weight is 363 g/mol. The molecule has 0 bridgehead atoms. The van der Waals surface area contributed by atoms with Crippen LogP contribution < -0.4 is 11.5 Å². The number of amides is 1. The second kappa shape index (κ2) is 5.84. The number of aryl methyl sites for hydroxylation is 1. The Morgan fingerprint density at radius 3 is 2.70 bits per heavy atom. The fraction of sp³-hybridized carbons (Fsp3) is 0.111. The van der Waals surface area contributed by atoms with Gasteiger partial charge in [0.05, 0.1) is 16.6 Å². The maximum absolute atomic E-state index is 12.0. The van der Waals surface area contributed by atoms with Gasteiger partial charge < -0.3 is 16.6 Å². The molecule has 3 aromatic heterocycles. The van der Waals surface area contributed by atoms with E-state index in [0.717, 1.165) is 5.56 Å². The van der Waals surface area contributed by atoms with Gasteiger partial charge in [0.2, 0.25) is 0 Å². The van der Waals surface area contributed by atoms with E-state index >= 15 is 0 Å². The van der Waals surface area contributed by atoms with Gasteiger partial charge in [-0.3, -0.25) is 14.5 Å². The number of carbonyl (C=O) groups is 1. The molecule has 0 aliphatic carbocycles. The lowest BCUT2D eigenvalue weighted by molar-refractivity contribution is 0.100. The summed E-state index contributed by atoms with van der Waals surface area (Å²) in [5.41, 5.74) is 15.1. The number of aromatic hydroxyl groups is 1. The number of fused-ring (bicyclic) bond motifs is 1. The first kappa shape index (κ1) is 16.6. The quantitative estimate of drug-likeness (QED) is 0.436. The third-order valence-corrected chi connectivity index (χ3v) is 4.56. The van der Waals surface area contributed by atoms with E-state index in [9.17, 15) is 9.90 Å². The van der Waals surface area contributed by atoms with Crippen LogP contribution in [0.4, 0.5) is 5.82 Å². The van der Waals surface area contributed by atoms with Crippen molar-refractivity contribution in [2.24, 2.45) is 5.73 Å². The molecule has 4 aromatic rings. The number of aromatic nitrogens is 5. The number of aromatic amines is 1. The zero-order chi connectivity index (χ0) is 19.3. The molecule has 1 aromatic carbocycles. The third kappa shape index (κ3) is 2.40. The molecule has 0 aliphatic rings. The average Bonchev–Trinajstić information content (AvgIpc) is 3.25. The van der Waals surface area contributed by atoms with Crippen molar-refractivity contribution in [1.29, 1.82) is 0 Å². The van der Waals surface area contributed by atoms with Gasteiger partial charge in [0.1, 0.15) is 17.3 Å². The largest absolute Gasteiger partial charge is 0.508 e. The van der Waals surface area contributed by atoms with Crippen LogP contribution in [0.3, 0.4) is 0 Å². The second-order valence-corrected chi connectivity index (χ2v) is 6.24. The van der Waals surface area contributed by atoms with Gasteiger partial charge in [-0.05, 0) is 31.5 Å². The van der Waals surface area contributed by atoms with Gasteiger partial charge >= 0.3 is 0 Å². The molecular weight excluding hydrogens is 346 g/mol. The van der Waals surface area contributed by atoms with Crippen molar-refractivity contribution in [3.8, 4) is 23.0 Å². The fourth-order valence-electron chi connectivity index (χ4n) is 3.25. The number of nitrogens with two attached hydrogens (primary N) is 2. The minimum absolute atomic E-state index is 0.111. The maximum Gasteiger partial charge on any atom is 0.253 e. The fourth-order valence-corrected chi connectivity index (χ4v) is 3.25. The number of carbonyl (C=O) groups excluding carboxylic acids is 1. The van der Waals surface area contributed by atoms with Gasteiger partial charge in [-0.2, -0.15) is 5.10 Å². The van der Waals surface area contributed by atoms with Crippen LogP contribution in [-0.4, -0.2) is 35.7 Å². The molecule has 0 aliphatic heterocycles. The van der Waals surface area contributed by atoms with E-state index < -0.39 is 5.91 Å². The highest BCUT2D eigenvalue weighted by Crippen LogP contribution is 2.35. The zero-order valence-electron chi connectivity index (χ0n) is 14.7. The Balaban J connectivity index is 2.14. The monoisotopic (exact) mass is 363 g/mol. The van der Waals surface area contributed by atoms with Crippen molar-refractivity contribution < 1.29 is 9.90 Å². The molecule has 27 heavy (non-hydrogen) atoms. The summed E-state index contributed by atoms with van der Waals surface area (Å²) in [6.45, 7) is 3.65. The topological polar surface area (TPSA) is 149 Å². The van der Waals surface area contributed by atoms with Crippen LogP contribution in [-0.2, 0) is 0 Å². The highest BCUT2D eigenvalue weighted by molar-refractivity contribution is 6.11. The van der Waals surface area contributed by atoms with E-state index in [1.54, 1.807) is 35.9 Å². The Morgan fingerprint density at radius 1 is 1.26 bits per heavy atom. The van der Waals surface area contributed by atoms with Gasteiger partial charge in [0.25, 0.3) is 5.91 Å². The minimum Gasteiger partial charge on any atom is -0.508 e. The van der Waals surface area contributed by atoms with E-state index in [-0.39, 0.29) is 17.1 Å². The Kier molecular flexibility index (Phi) is 3.58. The molecule has 0 radical (unpaired) electrons. The number of H-pyrrole nitrogens is 1. The van der Waals surface area contributed by atoms with E-state index in [0.29, 0.717) is 33.8 Å². The first-order valence-electron chi connectivity index (χ1n) is 8.16. The lowest BCUT2D eigenvalue weighted by Crippen LogP contribution is -2.14. The molecule has 0 spiro atoms. The maximum atomic E-state index is 12.0.